The minimum Gasteiger partial charge on any atom is -0.368 e. The monoisotopic (exact) mass is 318 g/mol. The molecule has 1 aromatic carbocycles. The predicted molar refractivity (Wildman–Crippen MR) is 97.6 cm³/mol. The van der Waals surface area contributed by atoms with Crippen LogP contribution in [0.3, 0.4) is 0 Å². The maximum absolute atomic E-state index is 5.94. The molecule has 0 saturated heterocycles. The van der Waals surface area contributed by atoms with Crippen LogP contribution in [-0.4, -0.2) is 15.0 Å². The first-order chi connectivity index (χ1) is 11.6. The highest BCUT2D eigenvalue weighted by molar-refractivity contribution is 5.66. The van der Waals surface area contributed by atoms with Gasteiger partial charge in [0.15, 0.2) is 0 Å². The molecule has 0 saturated carbocycles. The summed E-state index contributed by atoms with van der Waals surface area (Å²) in [4.78, 5) is 12.9. The van der Waals surface area contributed by atoms with Gasteiger partial charge in [-0.25, -0.2) is 9.97 Å². The fourth-order valence-corrected chi connectivity index (χ4v) is 2.84. The summed E-state index contributed by atoms with van der Waals surface area (Å²) in [6.07, 6.45) is 6.57. The van der Waals surface area contributed by atoms with E-state index in [1.807, 2.05) is 12.4 Å². The maximum Gasteiger partial charge on any atom is 0.220 e. The van der Waals surface area contributed by atoms with Gasteiger partial charge in [-0.3, -0.25) is 4.98 Å². The lowest BCUT2D eigenvalue weighted by molar-refractivity contribution is 0.796. The van der Waals surface area contributed by atoms with Crippen molar-refractivity contribution >= 4 is 5.95 Å². The molecule has 3 rings (SSSR count). The van der Waals surface area contributed by atoms with Crippen LogP contribution in [0.5, 0.6) is 0 Å². The molecule has 0 fully saturated rings. The summed E-state index contributed by atoms with van der Waals surface area (Å²) < 4.78 is 0. The molecule has 0 aliphatic rings. The summed E-state index contributed by atoms with van der Waals surface area (Å²) >= 11 is 0. The number of hydrogen-bond acceptors (Lipinski definition) is 4. The van der Waals surface area contributed by atoms with Crippen LogP contribution < -0.4 is 5.73 Å². The quantitative estimate of drug-likeness (QED) is 0.774. The third-order valence-corrected chi connectivity index (χ3v) is 4.32. The summed E-state index contributed by atoms with van der Waals surface area (Å²) in [6, 6.07) is 12.4. The van der Waals surface area contributed by atoms with Crippen molar-refractivity contribution in [2.24, 2.45) is 0 Å². The number of hydrogen-bond donors (Lipinski definition) is 1. The zero-order valence-corrected chi connectivity index (χ0v) is 14.2. The van der Waals surface area contributed by atoms with E-state index in [1.165, 1.54) is 16.7 Å². The SMILES string of the molecule is Cc1cccc(-c2cc(CCCc3ccncc3)nc(N)n2)c1C. The molecule has 4 heteroatoms. The first-order valence-electron chi connectivity index (χ1n) is 8.22. The molecular weight excluding hydrogens is 296 g/mol. The topological polar surface area (TPSA) is 64.7 Å². The van der Waals surface area contributed by atoms with Gasteiger partial charge in [0.05, 0.1) is 5.69 Å². The smallest absolute Gasteiger partial charge is 0.220 e. The number of aryl methyl sites for hydroxylation is 3. The number of aromatic nitrogens is 3. The molecule has 2 heterocycles. The molecule has 4 nitrogen and oxygen atoms in total. The number of pyridine rings is 1. The van der Waals surface area contributed by atoms with E-state index in [2.05, 4.69) is 65.2 Å². The van der Waals surface area contributed by atoms with Crippen molar-refractivity contribution in [3.63, 3.8) is 0 Å². The van der Waals surface area contributed by atoms with Crippen LogP contribution in [0.4, 0.5) is 5.95 Å². The number of nitrogens with two attached hydrogens (primary N) is 1. The van der Waals surface area contributed by atoms with Crippen LogP contribution in [0.15, 0.2) is 48.8 Å². The summed E-state index contributed by atoms with van der Waals surface area (Å²) in [7, 11) is 0. The molecule has 0 amide bonds. The molecule has 0 radical (unpaired) electrons. The van der Waals surface area contributed by atoms with E-state index < -0.39 is 0 Å². The fraction of sp³-hybridized carbons (Fsp3) is 0.250. The van der Waals surface area contributed by atoms with Gasteiger partial charge in [-0.15, -0.1) is 0 Å². The second kappa shape index (κ2) is 7.21. The number of nitrogens with zero attached hydrogens (tertiary/aromatic N) is 3. The van der Waals surface area contributed by atoms with Crippen molar-refractivity contribution in [2.45, 2.75) is 33.1 Å². The molecule has 0 spiro atoms. The molecular formula is C20H22N4. The zero-order valence-electron chi connectivity index (χ0n) is 14.2. The first kappa shape index (κ1) is 16.1. The van der Waals surface area contributed by atoms with E-state index in [0.717, 1.165) is 36.2 Å². The average molecular weight is 318 g/mol. The first-order valence-corrected chi connectivity index (χ1v) is 8.22. The Hall–Kier alpha value is -2.75. The predicted octanol–water partition coefficient (Wildman–Crippen LogP) is 3.91. The van der Waals surface area contributed by atoms with E-state index >= 15 is 0 Å². The van der Waals surface area contributed by atoms with Gasteiger partial charge in [0.25, 0.3) is 0 Å². The van der Waals surface area contributed by atoms with Crippen molar-refractivity contribution in [2.75, 3.05) is 5.73 Å². The van der Waals surface area contributed by atoms with Crippen LogP contribution in [0, 0.1) is 13.8 Å². The Bertz CT molecular complexity index is 828. The van der Waals surface area contributed by atoms with Crippen LogP contribution >= 0.6 is 0 Å². The van der Waals surface area contributed by atoms with Gasteiger partial charge in [0, 0.05) is 23.7 Å². The van der Waals surface area contributed by atoms with Crippen LogP contribution in [0.2, 0.25) is 0 Å². The van der Waals surface area contributed by atoms with Gasteiger partial charge >= 0.3 is 0 Å². The van der Waals surface area contributed by atoms with Crippen LogP contribution in [0.25, 0.3) is 11.3 Å². The highest BCUT2D eigenvalue weighted by Crippen LogP contribution is 2.25. The Labute approximate surface area is 142 Å². The lowest BCUT2D eigenvalue weighted by Crippen LogP contribution is -2.02. The molecule has 122 valence electrons. The molecule has 0 bridgehead atoms. The minimum atomic E-state index is 0.340. The standard InChI is InChI=1S/C20H22N4/c1-14-5-3-8-18(15(14)2)19-13-17(23-20(21)24-19)7-4-6-16-9-11-22-12-10-16/h3,5,8-13H,4,6-7H2,1-2H3,(H2,21,23,24). The Morgan fingerprint density at radius 1 is 0.958 bits per heavy atom. The van der Waals surface area contributed by atoms with Gasteiger partial charge in [-0.05, 0) is 68.0 Å². The van der Waals surface area contributed by atoms with E-state index in [9.17, 15) is 0 Å². The van der Waals surface area contributed by atoms with Gasteiger partial charge in [0.1, 0.15) is 0 Å². The van der Waals surface area contributed by atoms with Gasteiger partial charge in [-0.2, -0.15) is 0 Å². The zero-order chi connectivity index (χ0) is 16.9. The Morgan fingerprint density at radius 3 is 2.54 bits per heavy atom. The maximum atomic E-state index is 5.94. The van der Waals surface area contributed by atoms with E-state index in [0.29, 0.717) is 5.95 Å². The second-order valence-electron chi connectivity index (χ2n) is 6.06. The van der Waals surface area contributed by atoms with Crippen molar-refractivity contribution in [1.29, 1.82) is 0 Å². The van der Waals surface area contributed by atoms with Gasteiger partial charge < -0.3 is 5.73 Å². The summed E-state index contributed by atoms with van der Waals surface area (Å²) in [5, 5.41) is 0. The lowest BCUT2D eigenvalue weighted by Gasteiger charge is -2.10. The van der Waals surface area contributed by atoms with Crippen LogP contribution in [0.1, 0.15) is 28.8 Å². The van der Waals surface area contributed by atoms with Crippen molar-refractivity contribution in [3.8, 4) is 11.3 Å². The number of nitrogen functional groups attached to an aromatic ring is 1. The highest BCUT2D eigenvalue weighted by atomic mass is 15.0. The molecule has 0 aliphatic heterocycles. The molecule has 24 heavy (non-hydrogen) atoms. The summed E-state index contributed by atoms with van der Waals surface area (Å²) in [5.41, 5.74) is 12.7. The third kappa shape index (κ3) is 3.77. The normalized spacial score (nSPS) is 10.8. The minimum absolute atomic E-state index is 0.340. The Morgan fingerprint density at radius 2 is 1.75 bits per heavy atom. The molecule has 3 aromatic rings. The molecule has 2 N–H and O–H groups in total. The number of rotatable bonds is 5. The largest absolute Gasteiger partial charge is 0.368 e. The van der Waals surface area contributed by atoms with Gasteiger partial charge in [-0.1, -0.05) is 18.2 Å². The Balaban J connectivity index is 1.78. The van der Waals surface area contributed by atoms with Crippen molar-refractivity contribution in [3.05, 3.63) is 71.2 Å². The van der Waals surface area contributed by atoms with Gasteiger partial charge in [0.2, 0.25) is 5.95 Å². The fourth-order valence-electron chi connectivity index (χ4n) is 2.84. The second-order valence-corrected chi connectivity index (χ2v) is 6.06. The summed E-state index contributed by atoms with van der Waals surface area (Å²) in [6.45, 7) is 4.23. The van der Waals surface area contributed by atoms with E-state index in [1.54, 1.807) is 0 Å². The third-order valence-electron chi connectivity index (χ3n) is 4.32. The van der Waals surface area contributed by atoms with Crippen molar-refractivity contribution < 1.29 is 0 Å². The molecule has 0 atom stereocenters. The number of anilines is 1. The molecule has 2 aromatic heterocycles. The Kier molecular flexibility index (Phi) is 4.85. The summed E-state index contributed by atoms with van der Waals surface area (Å²) in [5.74, 6) is 0.340. The van der Waals surface area contributed by atoms with E-state index in [4.69, 9.17) is 5.73 Å². The van der Waals surface area contributed by atoms with Crippen molar-refractivity contribution in [1.82, 2.24) is 15.0 Å². The lowest BCUT2D eigenvalue weighted by atomic mass is 10.00. The molecule has 0 unspecified atom stereocenters. The van der Waals surface area contributed by atoms with Crippen LogP contribution in [-0.2, 0) is 12.8 Å². The number of benzene rings is 1. The highest BCUT2D eigenvalue weighted by Gasteiger charge is 2.09. The average Bonchev–Trinajstić information content (AvgIpc) is 2.58. The molecule has 0 aliphatic carbocycles. The van der Waals surface area contributed by atoms with E-state index in [-0.39, 0.29) is 0 Å².